The maximum atomic E-state index is 10.1. The number of aliphatic hydroxyl groups is 1. The van der Waals surface area contributed by atoms with E-state index in [9.17, 15) is 5.11 Å². The van der Waals surface area contributed by atoms with Gasteiger partial charge in [0.25, 0.3) is 0 Å². The predicted molar refractivity (Wildman–Crippen MR) is 84.4 cm³/mol. The number of fused-ring (bicyclic) bond motifs is 1. The molecule has 1 N–H and O–H groups in total. The third kappa shape index (κ3) is 4.57. The van der Waals surface area contributed by atoms with Gasteiger partial charge in [-0.25, -0.2) is 0 Å². The van der Waals surface area contributed by atoms with Crippen molar-refractivity contribution in [2.45, 2.75) is 44.7 Å². The number of rotatable bonds is 9. The Morgan fingerprint density at radius 1 is 1.26 bits per heavy atom. The first-order valence-corrected chi connectivity index (χ1v) is 8.15. The fraction of sp³-hybridized carbons (Fsp3) is 0.647. The van der Waals surface area contributed by atoms with E-state index in [-0.39, 0.29) is 12.8 Å². The molecule has 3 rings (SSSR count). The van der Waals surface area contributed by atoms with Gasteiger partial charge in [-0.3, -0.25) is 4.90 Å². The average Bonchev–Trinajstić information content (AvgIpc) is 3.26. The molecule has 1 aromatic rings. The van der Waals surface area contributed by atoms with Gasteiger partial charge in [0.1, 0.15) is 0 Å². The van der Waals surface area contributed by atoms with Crippen LogP contribution in [-0.2, 0) is 15.9 Å². The molecule has 128 valence electrons. The Balaban J connectivity index is 1.43. The van der Waals surface area contributed by atoms with Crippen LogP contribution in [0.1, 0.15) is 25.3 Å². The molecule has 1 fully saturated rings. The van der Waals surface area contributed by atoms with Gasteiger partial charge < -0.3 is 24.1 Å². The average molecular weight is 323 g/mol. The molecule has 1 aliphatic heterocycles. The molecular formula is C17H25NO5. The van der Waals surface area contributed by atoms with Gasteiger partial charge in [-0.05, 0) is 50.9 Å². The van der Waals surface area contributed by atoms with Crippen LogP contribution in [0.4, 0.5) is 0 Å². The molecule has 1 aromatic carbocycles. The van der Waals surface area contributed by atoms with Crippen LogP contribution in [0.15, 0.2) is 18.2 Å². The highest BCUT2D eigenvalue weighted by Gasteiger charge is 2.23. The summed E-state index contributed by atoms with van der Waals surface area (Å²) in [6.45, 7) is 3.27. The molecule has 0 amide bonds. The lowest BCUT2D eigenvalue weighted by molar-refractivity contribution is -0.201. The maximum Gasteiger partial charge on any atom is 0.231 e. The summed E-state index contributed by atoms with van der Waals surface area (Å²) in [6, 6.07) is 6.06. The lowest BCUT2D eigenvalue weighted by atomic mass is 10.1. The Labute approximate surface area is 136 Å². The van der Waals surface area contributed by atoms with Crippen LogP contribution < -0.4 is 9.47 Å². The SMILES string of the molecule is CC(Cc1ccc2c(c1)OCO2)N(C)C(O)OCCOC1CC1. The molecule has 0 spiro atoms. The number of benzene rings is 1. The molecule has 0 saturated heterocycles. The van der Waals surface area contributed by atoms with E-state index in [0.717, 1.165) is 36.3 Å². The lowest BCUT2D eigenvalue weighted by Gasteiger charge is -2.29. The molecule has 2 atom stereocenters. The lowest BCUT2D eigenvalue weighted by Crippen LogP contribution is -2.41. The van der Waals surface area contributed by atoms with Gasteiger partial charge in [0, 0.05) is 6.04 Å². The summed E-state index contributed by atoms with van der Waals surface area (Å²) in [5, 5.41) is 10.1. The highest BCUT2D eigenvalue weighted by atomic mass is 16.7. The second-order valence-corrected chi connectivity index (χ2v) is 6.17. The van der Waals surface area contributed by atoms with Crippen LogP contribution in [-0.4, -0.2) is 55.6 Å². The van der Waals surface area contributed by atoms with Crippen molar-refractivity contribution < 1.29 is 24.1 Å². The monoisotopic (exact) mass is 323 g/mol. The number of nitrogens with zero attached hydrogens (tertiary/aromatic N) is 1. The minimum absolute atomic E-state index is 0.120. The van der Waals surface area contributed by atoms with Gasteiger partial charge in [-0.2, -0.15) is 0 Å². The van der Waals surface area contributed by atoms with E-state index in [1.54, 1.807) is 0 Å². The summed E-state index contributed by atoms with van der Waals surface area (Å²) in [7, 11) is 1.85. The summed E-state index contributed by atoms with van der Waals surface area (Å²) in [5.41, 5.74) is 1.14. The van der Waals surface area contributed by atoms with Gasteiger partial charge in [0.2, 0.25) is 13.2 Å². The number of aliphatic hydroxyl groups excluding tert-OH is 1. The van der Waals surface area contributed by atoms with E-state index in [1.807, 2.05) is 30.1 Å². The third-order valence-corrected chi connectivity index (χ3v) is 4.24. The molecule has 2 unspecified atom stereocenters. The number of ether oxygens (including phenoxy) is 4. The molecule has 1 aliphatic carbocycles. The summed E-state index contributed by atoms with van der Waals surface area (Å²) < 4.78 is 21.6. The normalized spacial score (nSPS) is 19.1. The molecule has 6 heteroatoms. The smallest absolute Gasteiger partial charge is 0.231 e. The number of likely N-dealkylation sites (N-methyl/N-ethyl adjacent to an activating group) is 1. The van der Waals surface area contributed by atoms with Crippen LogP contribution in [0, 0.1) is 0 Å². The molecule has 2 aliphatic rings. The molecule has 1 saturated carbocycles. The predicted octanol–water partition coefficient (Wildman–Crippen LogP) is 1.75. The van der Waals surface area contributed by atoms with Crippen LogP contribution >= 0.6 is 0 Å². The molecule has 0 aromatic heterocycles. The van der Waals surface area contributed by atoms with Crippen molar-refractivity contribution in [1.82, 2.24) is 4.90 Å². The molecule has 1 heterocycles. The molecular weight excluding hydrogens is 298 g/mol. The molecule has 23 heavy (non-hydrogen) atoms. The van der Waals surface area contributed by atoms with Gasteiger partial charge in [0.15, 0.2) is 11.5 Å². The van der Waals surface area contributed by atoms with Crippen molar-refractivity contribution in [2.75, 3.05) is 27.1 Å². The highest BCUT2D eigenvalue weighted by Crippen LogP contribution is 2.33. The first-order chi connectivity index (χ1) is 11.1. The topological polar surface area (TPSA) is 60.4 Å². The van der Waals surface area contributed by atoms with Crippen molar-refractivity contribution in [3.05, 3.63) is 23.8 Å². The van der Waals surface area contributed by atoms with Gasteiger partial charge >= 0.3 is 0 Å². The maximum absolute atomic E-state index is 10.1. The molecule has 0 bridgehead atoms. The minimum Gasteiger partial charge on any atom is -0.454 e. The van der Waals surface area contributed by atoms with Crippen LogP contribution in [0.2, 0.25) is 0 Å². The highest BCUT2D eigenvalue weighted by molar-refractivity contribution is 5.44. The van der Waals surface area contributed by atoms with Crippen molar-refractivity contribution >= 4 is 0 Å². The van der Waals surface area contributed by atoms with E-state index >= 15 is 0 Å². The number of hydrogen-bond donors (Lipinski definition) is 1. The summed E-state index contributed by atoms with van der Waals surface area (Å²) in [4.78, 5) is 1.81. The zero-order valence-electron chi connectivity index (χ0n) is 13.7. The van der Waals surface area contributed by atoms with Crippen molar-refractivity contribution in [3.63, 3.8) is 0 Å². The first-order valence-electron chi connectivity index (χ1n) is 8.15. The van der Waals surface area contributed by atoms with Crippen molar-refractivity contribution in [2.24, 2.45) is 0 Å². The second kappa shape index (κ2) is 7.49. The van der Waals surface area contributed by atoms with Gasteiger partial charge in [-0.1, -0.05) is 6.07 Å². The zero-order valence-corrected chi connectivity index (χ0v) is 13.7. The standard InChI is InChI=1S/C17H25NO5/c1-12(9-13-3-6-15-16(10-13)23-11-22-15)18(2)17(19)21-8-7-20-14-4-5-14/h3,6,10,12,14,17,19H,4-5,7-9,11H2,1-2H3. The largest absolute Gasteiger partial charge is 0.454 e. The van der Waals surface area contributed by atoms with Gasteiger partial charge in [-0.15, -0.1) is 0 Å². The quantitative estimate of drug-likeness (QED) is 0.552. The zero-order chi connectivity index (χ0) is 16.2. The summed E-state index contributed by atoms with van der Waals surface area (Å²) >= 11 is 0. The van der Waals surface area contributed by atoms with Crippen molar-refractivity contribution in [3.8, 4) is 11.5 Å². The Morgan fingerprint density at radius 2 is 2.04 bits per heavy atom. The van der Waals surface area contributed by atoms with E-state index in [0.29, 0.717) is 19.3 Å². The van der Waals surface area contributed by atoms with E-state index in [1.165, 1.54) is 0 Å². The Bertz CT molecular complexity index is 520. The van der Waals surface area contributed by atoms with E-state index < -0.39 is 6.41 Å². The Morgan fingerprint density at radius 3 is 2.83 bits per heavy atom. The fourth-order valence-corrected chi connectivity index (χ4v) is 2.49. The Hall–Kier alpha value is -1.34. The molecule has 0 radical (unpaired) electrons. The molecule has 6 nitrogen and oxygen atoms in total. The second-order valence-electron chi connectivity index (χ2n) is 6.17. The van der Waals surface area contributed by atoms with Crippen LogP contribution in [0.25, 0.3) is 0 Å². The van der Waals surface area contributed by atoms with Crippen LogP contribution in [0.5, 0.6) is 11.5 Å². The minimum atomic E-state index is -0.929. The fourth-order valence-electron chi connectivity index (χ4n) is 2.49. The van der Waals surface area contributed by atoms with E-state index in [4.69, 9.17) is 18.9 Å². The van der Waals surface area contributed by atoms with Gasteiger partial charge in [0.05, 0.1) is 19.3 Å². The van der Waals surface area contributed by atoms with Crippen molar-refractivity contribution in [1.29, 1.82) is 0 Å². The summed E-state index contributed by atoms with van der Waals surface area (Å²) in [6.07, 6.45) is 2.57. The summed E-state index contributed by atoms with van der Waals surface area (Å²) in [5.74, 6) is 1.57. The number of hydrogen-bond acceptors (Lipinski definition) is 6. The Kier molecular flexibility index (Phi) is 5.38. The first kappa shape index (κ1) is 16.5. The third-order valence-electron chi connectivity index (χ3n) is 4.24. The van der Waals surface area contributed by atoms with Crippen LogP contribution in [0.3, 0.4) is 0 Å². The van der Waals surface area contributed by atoms with E-state index in [2.05, 4.69) is 6.92 Å².